The fourth-order valence-electron chi connectivity index (χ4n) is 3.69. The summed E-state index contributed by atoms with van der Waals surface area (Å²) in [7, 11) is 0. The van der Waals surface area contributed by atoms with Crippen LogP contribution in [0.3, 0.4) is 0 Å². The van der Waals surface area contributed by atoms with Crippen molar-refractivity contribution < 1.29 is 4.74 Å². The van der Waals surface area contributed by atoms with Crippen LogP contribution >= 0.6 is 0 Å². The van der Waals surface area contributed by atoms with Gasteiger partial charge in [-0.2, -0.15) is 4.98 Å². The molecule has 0 spiro atoms. The van der Waals surface area contributed by atoms with Crippen molar-refractivity contribution in [3.8, 4) is 17.1 Å². The van der Waals surface area contributed by atoms with Crippen molar-refractivity contribution >= 4 is 10.9 Å². The second kappa shape index (κ2) is 7.24. The van der Waals surface area contributed by atoms with Crippen LogP contribution in [0.5, 0.6) is 5.88 Å². The first-order valence-electron chi connectivity index (χ1n) is 9.92. The van der Waals surface area contributed by atoms with Crippen LogP contribution in [-0.2, 0) is 0 Å². The monoisotopic (exact) mass is 382 g/mol. The first-order chi connectivity index (χ1) is 14.2. The quantitative estimate of drug-likeness (QED) is 0.492. The molecule has 1 aliphatic carbocycles. The summed E-state index contributed by atoms with van der Waals surface area (Å²) in [5.74, 6) is 2.20. The summed E-state index contributed by atoms with van der Waals surface area (Å²) >= 11 is 0. The van der Waals surface area contributed by atoms with Crippen LogP contribution in [0, 0.1) is 19.8 Å². The van der Waals surface area contributed by atoms with Crippen molar-refractivity contribution in [1.29, 1.82) is 0 Å². The zero-order valence-corrected chi connectivity index (χ0v) is 16.5. The van der Waals surface area contributed by atoms with Crippen LogP contribution < -0.4 is 4.74 Å². The smallest absolute Gasteiger partial charge is 0.226 e. The van der Waals surface area contributed by atoms with Gasteiger partial charge in [-0.05, 0) is 50.1 Å². The molecular formula is C24H22N4O. The molecule has 1 aromatic carbocycles. The lowest BCUT2D eigenvalue weighted by Gasteiger charge is -2.11. The molecule has 0 amide bonds. The number of hydrogen-bond donors (Lipinski definition) is 0. The molecular weight excluding hydrogens is 360 g/mol. The molecule has 1 saturated carbocycles. The van der Waals surface area contributed by atoms with E-state index >= 15 is 0 Å². The molecule has 0 aliphatic heterocycles. The number of fused-ring (bicyclic) bond motifs is 1. The van der Waals surface area contributed by atoms with E-state index < -0.39 is 0 Å². The Morgan fingerprint density at radius 3 is 2.79 bits per heavy atom. The van der Waals surface area contributed by atoms with Crippen LogP contribution in [0.4, 0.5) is 0 Å². The van der Waals surface area contributed by atoms with Gasteiger partial charge in [-0.25, -0.2) is 4.98 Å². The number of hydrogen-bond acceptors (Lipinski definition) is 5. The van der Waals surface area contributed by atoms with E-state index in [4.69, 9.17) is 9.72 Å². The Morgan fingerprint density at radius 1 is 1.00 bits per heavy atom. The molecule has 1 aliphatic rings. The number of rotatable bonds is 5. The molecule has 0 bridgehead atoms. The maximum absolute atomic E-state index is 6.16. The molecule has 3 aromatic heterocycles. The molecule has 0 radical (unpaired) electrons. The maximum Gasteiger partial charge on any atom is 0.226 e. The van der Waals surface area contributed by atoms with Gasteiger partial charge >= 0.3 is 0 Å². The highest BCUT2D eigenvalue weighted by atomic mass is 16.5. The number of aromatic nitrogens is 4. The molecule has 2 atom stereocenters. The van der Waals surface area contributed by atoms with Crippen molar-refractivity contribution in [3.63, 3.8) is 0 Å². The Labute approximate surface area is 169 Å². The summed E-state index contributed by atoms with van der Waals surface area (Å²) < 4.78 is 6.16. The van der Waals surface area contributed by atoms with Crippen molar-refractivity contribution in [2.45, 2.75) is 26.2 Å². The second-order valence-corrected chi connectivity index (χ2v) is 7.70. The summed E-state index contributed by atoms with van der Waals surface area (Å²) in [4.78, 5) is 18.2. The van der Waals surface area contributed by atoms with Gasteiger partial charge in [0.2, 0.25) is 5.88 Å². The van der Waals surface area contributed by atoms with E-state index in [9.17, 15) is 0 Å². The summed E-state index contributed by atoms with van der Waals surface area (Å²) in [6.07, 6.45) is 4.69. The van der Waals surface area contributed by atoms with Crippen LogP contribution in [0.2, 0.25) is 0 Å². The zero-order valence-electron chi connectivity index (χ0n) is 16.5. The van der Waals surface area contributed by atoms with Gasteiger partial charge in [0.25, 0.3) is 0 Å². The molecule has 1 unspecified atom stereocenters. The van der Waals surface area contributed by atoms with Crippen molar-refractivity contribution in [3.05, 3.63) is 78.0 Å². The minimum Gasteiger partial charge on any atom is -0.477 e. The van der Waals surface area contributed by atoms with E-state index in [1.165, 1.54) is 5.39 Å². The average Bonchev–Trinajstić information content (AvgIpc) is 3.52. The van der Waals surface area contributed by atoms with E-state index in [-0.39, 0.29) is 0 Å². The predicted molar refractivity (Wildman–Crippen MR) is 113 cm³/mol. The first kappa shape index (κ1) is 17.7. The Balaban J connectivity index is 1.32. The number of aryl methyl sites for hydroxylation is 2. The summed E-state index contributed by atoms with van der Waals surface area (Å²) in [6, 6.07) is 16.5. The Bertz CT molecular complexity index is 1190. The predicted octanol–water partition coefficient (Wildman–Crippen LogP) is 4.89. The molecule has 5 heteroatoms. The first-order valence-corrected chi connectivity index (χ1v) is 9.92. The molecule has 4 aromatic rings. The van der Waals surface area contributed by atoms with Crippen LogP contribution in [0.15, 0.2) is 60.9 Å². The van der Waals surface area contributed by atoms with Crippen LogP contribution in [-0.4, -0.2) is 26.5 Å². The third-order valence-electron chi connectivity index (χ3n) is 5.42. The highest BCUT2D eigenvalue weighted by molar-refractivity contribution is 5.78. The normalized spacial score (nSPS) is 18.0. The highest BCUT2D eigenvalue weighted by Crippen LogP contribution is 2.47. The third kappa shape index (κ3) is 3.68. The number of nitrogens with zero attached hydrogens (tertiary/aromatic N) is 4. The van der Waals surface area contributed by atoms with Crippen molar-refractivity contribution in [2.75, 3.05) is 6.61 Å². The average molecular weight is 382 g/mol. The van der Waals surface area contributed by atoms with Gasteiger partial charge in [-0.1, -0.05) is 24.3 Å². The topological polar surface area (TPSA) is 60.8 Å². The van der Waals surface area contributed by atoms with Gasteiger partial charge in [-0.15, -0.1) is 0 Å². The van der Waals surface area contributed by atoms with Gasteiger partial charge in [0.15, 0.2) is 0 Å². The SMILES string of the molecule is Cc1ccnc(-c2cnc(C)nc2OC[C@H]2CC2c2ccc3ccccc3n2)c1. The minimum absolute atomic E-state index is 0.447. The number of benzene rings is 1. The Hall–Kier alpha value is -3.34. The fraction of sp³-hybridized carbons (Fsp3) is 0.250. The number of ether oxygens (including phenoxy) is 1. The molecule has 144 valence electrons. The fourth-order valence-corrected chi connectivity index (χ4v) is 3.69. The summed E-state index contributed by atoms with van der Waals surface area (Å²) in [5, 5.41) is 1.18. The lowest BCUT2D eigenvalue weighted by Crippen LogP contribution is -2.06. The van der Waals surface area contributed by atoms with E-state index in [0.717, 1.165) is 34.5 Å². The Kier molecular flexibility index (Phi) is 4.43. The Morgan fingerprint density at radius 2 is 1.90 bits per heavy atom. The molecule has 0 N–H and O–H groups in total. The highest BCUT2D eigenvalue weighted by Gasteiger charge is 2.40. The molecule has 5 nitrogen and oxygen atoms in total. The maximum atomic E-state index is 6.16. The number of para-hydroxylation sites is 1. The largest absolute Gasteiger partial charge is 0.477 e. The number of pyridine rings is 2. The van der Waals surface area contributed by atoms with Gasteiger partial charge in [0.05, 0.1) is 23.4 Å². The molecule has 3 heterocycles. The molecule has 1 fully saturated rings. The van der Waals surface area contributed by atoms with Gasteiger partial charge in [-0.3, -0.25) is 9.97 Å². The van der Waals surface area contributed by atoms with E-state index in [1.54, 1.807) is 12.4 Å². The standard InChI is InChI=1S/C24H22N4O/c1-15-9-10-25-23(11-15)20-13-26-16(2)27-24(20)29-14-18-12-19(18)22-8-7-17-5-3-4-6-21(17)28-22/h3-11,13,18-19H,12,14H2,1-2H3/t18-,19?/m1/s1. The summed E-state index contributed by atoms with van der Waals surface area (Å²) in [6.45, 7) is 4.54. The lowest BCUT2D eigenvalue weighted by atomic mass is 10.1. The minimum atomic E-state index is 0.447. The van der Waals surface area contributed by atoms with Gasteiger partial charge < -0.3 is 4.74 Å². The van der Waals surface area contributed by atoms with Crippen LogP contribution in [0.1, 0.15) is 29.4 Å². The summed E-state index contributed by atoms with van der Waals surface area (Å²) in [5.41, 5.74) is 5.02. The van der Waals surface area contributed by atoms with E-state index in [2.05, 4.69) is 39.2 Å². The molecule has 5 rings (SSSR count). The zero-order chi connectivity index (χ0) is 19.8. The van der Waals surface area contributed by atoms with E-state index in [0.29, 0.717) is 30.1 Å². The third-order valence-corrected chi connectivity index (χ3v) is 5.42. The molecule has 29 heavy (non-hydrogen) atoms. The molecule has 0 saturated heterocycles. The van der Waals surface area contributed by atoms with E-state index in [1.807, 2.05) is 38.1 Å². The van der Waals surface area contributed by atoms with Crippen molar-refractivity contribution in [1.82, 2.24) is 19.9 Å². The lowest BCUT2D eigenvalue weighted by molar-refractivity contribution is 0.285. The second-order valence-electron chi connectivity index (χ2n) is 7.70. The van der Waals surface area contributed by atoms with Gasteiger partial charge in [0, 0.05) is 35.3 Å². The van der Waals surface area contributed by atoms with Crippen molar-refractivity contribution in [2.24, 2.45) is 5.92 Å². The van der Waals surface area contributed by atoms with Gasteiger partial charge in [0.1, 0.15) is 5.82 Å². The van der Waals surface area contributed by atoms with Crippen LogP contribution in [0.25, 0.3) is 22.2 Å².